The summed E-state index contributed by atoms with van der Waals surface area (Å²) in [6.45, 7) is 0.224. The Morgan fingerprint density at radius 1 is 1.38 bits per heavy atom. The van der Waals surface area contributed by atoms with Crippen molar-refractivity contribution in [2.24, 2.45) is 5.16 Å². The number of aromatic nitrogens is 5. The molecule has 0 aromatic carbocycles. The van der Waals surface area contributed by atoms with E-state index in [-0.39, 0.29) is 53.7 Å². The molecule has 5 heterocycles. The first-order chi connectivity index (χ1) is 17.8. The van der Waals surface area contributed by atoms with E-state index in [0.717, 1.165) is 27.1 Å². The zero-order valence-corrected chi connectivity index (χ0v) is 24.3. The van der Waals surface area contributed by atoms with Crippen LogP contribution in [0.5, 0.6) is 0 Å². The van der Waals surface area contributed by atoms with Crippen molar-refractivity contribution in [2.45, 2.75) is 23.0 Å². The Hall–Kier alpha value is -3.12. The number of nitrogens with zero attached hydrogens (tertiary/aromatic N) is 7. The lowest BCUT2D eigenvalue weighted by Gasteiger charge is -2.50. The molecule has 2 amide bonds. The van der Waals surface area contributed by atoms with Crippen molar-refractivity contribution in [1.29, 1.82) is 0 Å². The van der Waals surface area contributed by atoms with E-state index >= 15 is 0 Å². The number of carboxylic acid groups (broad SMARTS) is 1. The molecule has 0 aliphatic carbocycles. The van der Waals surface area contributed by atoms with Gasteiger partial charge >= 0.3 is 5.65 Å². The number of carboxylic acids is 1. The Morgan fingerprint density at radius 2 is 2.15 bits per heavy atom. The van der Waals surface area contributed by atoms with Crippen molar-refractivity contribution in [3.63, 3.8) is 0 Å². The second-order valence-electron chi connectivity index (χ2n) is 7.78. The summed E-state index contributed by atoms with van der Waals surface area (Å²) in [5, 5.41) is 23.2. The number of aliphatic carboxylic acids is 1. The van der Waals surface area contributed by atoms with E-state index in [2.05, 4.69) is 24.9 Å². The predicted molar refractivity (Wildman–Crippen MR) is 147 cm³/mol. The summed E-state index contributed by atoms with van der Waals surface area (Å²) in [6.07, 6.45) is 5.49. The van der Waals surface area contributed by atoms with Gasteiger partial charge in [-0.1, -0.05) is 10.3 Å². The average Bonchev–Trinajstić information content (AvgIpc) is 3.50. The molecule has 2 aliphatic rings. The molecule has 208 valence electrons. The third kappa shape index (κ3) is 5.62. The van der Waals surface area contributed by atoms with Crippen LogP contribution in [-0.2, 0) is 25.8 Å². The van der Waals surface area contributed by atoms with E-state index in [1.54, 1.807) is 16.9 Å². The first kappa shape index (κ1) is 30.4. The lowest BCUT2D eigenvalue weighted by Crippen LogP contribution is -2.71. The maximum Gasteiger partial charge on any atom is 0.307 e. The molecule has 3 N–H and O–H groups in total. The molecule has 19 heteroatoms. The second-order valence-corrected chi connectivity index (χ2v) is 10.5. The van der Waals surface area contributed by atoms with Crippen LogP contribution in [0.3, 0.4) is 0 Å². The van der Waals surface area contributed by atoms with Crippen LogP contribution in [0.4, 0.5) is 5.13 Å². The number of β-lactam (4-membered cyclic amide) rings is 1. The van der Waals surface area contributed by atoms with Crippen molar-refractivity contribution in [2.75, 3.05) is 24.9 Å². The molecular formula is C20H21Cl2N9O5S3. The number of nitrogens with two attached hydrogens (primary N) is 1. The molecule has 3 aromatic heterocycles. The number of imidazole rings is 1. The van der Waals surface area contributed by atoms with E-state index in [1.165, 1.54) is 30.6 Å². The normalized spacial score (nSPS) is 18.6. The van der Waals surface area contributed by atoms with E-state index in [0.29, 0.717) is 11.3 Å². The van der Waals surface area contributed by atoms with Gasteiger partial charge in [0.1, 0.15) is 36.3 Å². The lowest BCUT2D eigenvalue weighted by atomic mass is 10.0. The third-order valence-corrected chi connectivity index (χ3v) is 8.17. The molecule has 0 bridgehead atoms. The summed E-state index contributed by atoms with van der Waals surface area (Å²) in [6, 6.07) is 2.78. The molecule has 3 aromatic rings. The zero-order chi connectivity index (χ0) is 26.3. The molecule has 0 unspecified atom stereocenters. The van der Waals surface area contributed by atoms with Gasteiger partial charge in [0.15, 0.2) is 11.3 Å². The topological polar surface area (TPSA) is 184 Å². The molecule has 1 saturated heterocycles. The number of nitrogens with one attached hydrogen (secondary N) is 1. The minimum Gasteiger partial charge on any atom is -0.543 e. The molecule has 0 radical (unpaired) electrons. The van der Waals surface area contributed by atoms with Gasteiger partial charge < -0.3 is 25.8 Å². The highest BCUT2D eigenvalue weighted by Gasteiger charge is 2.53. The second kappa shape index (κ2) is 12.4. The molecule has 5 rings (SSSR count). The average molecular weight is 635 g/mol. The number of anilines is 1. The molecule has 0 saturated carbocycles. The van der Waals surface area contributed by atoms with Gasteiger partial charge in [0.05, 0.1) is 11.7 Å². The number of carbonyl (C=O) groups excluding carboxylic acids is 3. The van der Waals surface area contributed by atoms with Crippen LogP contribution < -0.4 is 20.7 Å². The molecule has 1 fully saturated rings. The lowest BCUT2D eigenvalue weighted by molar-refractivity contribution is -0.662. The molecule has 2 atom stereocenters. The van der Waals surface area contributed by atoms with Gasteiger partial charge in [0.25, 0.3) is 11.8 Å². The van der Waals surface area contributed by atoms with E-state index < -0.39 is 29.2 Å². The number of thioether (sulfide) groups is 2. The van der Waals surface area contributed by atoms with E-state index in [1.807, 2.05) is 23.0 Å². The Labute approximate surface area is 246 Å². The highest BCUT2D eigenvalue weighted by Crippen LogP contribution is 2.40. The van der Waals surface area contributed by atoms with Gasteiger partial charge in [0, 0.05) is 28.9 Å². The molecular weight excluding hydrogens is 613 g/mol. The first-order valence-electron chi connectivity index (χ1n) is 10.6. The van der Waals surface area contributed by atoms with Gasteiger partial charge in [-0.25, -0.2) is 4.57 Å². The fraction of sp³-hybridized carbons (Fsp3) is 0.300. The van der Waals surface area contributed by atoms with Crippen LogP contribution in [0.1, 0.15) is 5.82 Å². The molecule has 0 spiro atoms. The number of oxime groups is 1. The number of fused-ring (bicyclic) bond motifs is 2. The van der Waals surface area contributed by atoms with Crippen LogP contribution in [-0.4, -0.2) is 77.9 Å². The maximum atomic E-state index is 13.0. The maximum absolute atomic E-state index is 13.0. The molecule has 14 nitrogen and oxygen atoms in total. The van der Waals surface area contributed by atoms with Crippen molar-refractivity contribution in [3.8, 4) is 0 Å². The van der Waals surface area contributed by atoms with Gasteiger partial charge in [-0.15, -0.1) is 52.9 Å². The Bertz CT molecular complexity index is 1490. The smallest absolute Gasteiger partial charge is 0.307 e. The van der Waals surface area contributed by atoms with Crippen molar-refractivity contribution < 1.29 is 28.9 Å². The third-order valence-electron chi connectivity index (χ3n) is 5.65. The largest absolute Gasteiger partial charge is 0.543 e. The summed E-state index contributed by atoms with van der Waals surface area (Å²) in [7, 11) is 1.25. The van der Waals surface area contributed by atoms with Crippen LogP contribution in [0.15, 0.2) is 46.0 Å². The SMILES string of the molecule is CO/N=C(\C(=O)N[C@@H]1C(=O)N2C(C(=O)[O-])=C(C[n+]3ccn4nc(SC)ccc43)CS[C@H]12)c1nsc(N)n1.Cl.Cl. The molecule has 2 aliphatic heterocycles. The minimum absolute atomic E-state index is 0. The van der Waals surface area contributed by atoms with Crippen LogP contribution in [0.2, 0.25) is 0 Å². The van der Waals surface area contributed by atoms with Crippen molar-refractivity contribution >= 4 is 94.1 Å². The van der Waals surface area contributed by atoms with Gasteiger partial charge in [-0.3, -0.25) is 14.5 Å². The number of hydrogen-bond acceptors (Lipinski definition) is 13. The van der Waals surface area contributed by atoms with Crippen LogP contribution >= 0.6 is 59.9 Å². The van der Waals surface area contributed by atoms with Crippen molar-refractivity contribution in [3.05, 3.63) is 41.6 Å². The number of amides is 2. The number of hydrogen-bond donors (Lipinski definition) is 2. The summed E-state index contributed by atoms with van der Waals surface area (Å²) in [5.74, 6) is -2.53. The highest BCUT2D eigenvalue weighted by atomic mass is 35.5. The number of rotatable bonds is 8. The Kier molecular flexibility index (Phi) is 9.65. The van der Waals surface area contributed by atoms with Crippen molar-refractivity contribution in [1.82, 2.24) is 29.2 Å². The first-order valence-corrected chi connectivity index (χ1v) is 13.7. The summed E-state index contributed by atoms with van der Waals surface area (Å²) in [5.41, 5.74) is 6.41. The van der Waals surface area contributed by atoms with E-state index in [9.17, 15) is 19.5 Å². The fourth-order valence-electron chi connectivity index (χ4n) is 4.03. The van der Waals surface area contributed by atoms with Gasteiger partial charge in [-0.05, 0) is 12.3 Å². The standard InChI is InChI=1S/C20H19N9O5S3.2ClH/c1-34-25-12(15-23-20(21)37-26-15)16(30)22-13-17(31)29-14(19(32)33)9(8-36-18(13)29)7-27-5-6-28-11(27)4-3-10(24-28)35-2;;/h3-6,13,18H,7-8H2,1-2H3,(H3-,21,22,23,26,30,32,33);2*1H/b25-12-;;/t13-,18-;;/m1../s1. The van der Waals surface area contributed by atoms with Gasteiger partial charge in [0.2, 0.25) is 11.5 Å². The summed E-state index contributed by atoms with van der Waals surface area (Å²) in [4.78, 5) is 47.8. The summed E-state index contributed by atoms with van der Waals surface area (Å²) >= 11 is 3.72. The fourth-order valence-corrected chi connectivity index (χ4v) is 6.17. The quantitative estimate of drug-likeness (QED) is 0.103. The van der Waals surface area contributed by atoms with Gasteiger partial charge in [-0.2, -0.15) is 9.36 Å². The molecule has 39 heavy (non-hydrogen) atoms. The van der Waals surface area contributed by atoms with E-state index in [4.69, 9.17) is 10.6 Å². The monoisotopic (exact) mass is 633 g/mol. The number of halogens is 2. The highest BCUT2D eigenvalue weighted by molar-refractivity contribution is 8.00. The number of nitrogen functional groups attached to an aromatic ring is 1. The van der Waals surface area contributed by atoms with Crippen LogP contribution in [0, 0.1) is 0 Å². The summed E-state index contributed by atoms with van der Waals surface area (Å²) < 4.78 is 7.50. The number of carbonyl (C=O) groups is 3. The van der Waals surface area contributed by atoms with Crippen LogP contribution in [0.25, 0.3) is 5.65 Å². The Morgan fingerprint density at radius 3 is 2.79 bits per heavy atom. The minimum atomic E-state index is -1.46. The predicted octanol–water partition coefficient (Wildman–Crippen LogP) is -0.924. The Balaban J connectivity index is 0.00000210. The zero-order valence-electron chi connectivity index (χ0n) is 20.2.